The molecule has 6 heteroatoms. The fourth-order valence-electron chi connectivity index (χ4n) is 2.22. The number of rotatable bonds is 7. The van der Waals surface area contributed by atoms with Gasteiger partial charge in [-0.2, -0.15) is 0 Å². The minimum atomic E-state index is -0.680. The van der Waals surface area contributed by atoms with Crippen LogP contribution in [0.2, 0.25) is 15.1 Å². The van der Waals surface area contributed by atoms with Crippen LogP contribution in [0.4, 0.5) is 5.69 Å². The highest BCUT2D eigenvalue weighted by Gasteiger charge is 2.11. The topological polar surface area (TPSA) is 58.3 Å². The molecule has 0 spiro atoms. The van der Waals surface area contributed by atoms with Crippen molar-refractivity contribution in [3.63, 3.8) is 0 Å². The van der Waals surface area contributed by atoms with Crippen LogP contribution in [-0.2, 0) is 6.42 Å². The summed E-state index contributed by atoms with van der Waals surface area (Å²) in [4.78, 5) is 0. The van der Waals surface area contributed by atoms with E-state index >= 15 is 0 Å². The van der Waals surface area contributed by atoms with E-state index in [4.69, 9.17) is 40.5 Å². The van der Waals surface area contributed by atoms with Gasteiger partial charge < -0.3 is 16.2 Å². The third-order valence-corrected chi connectivity index (χ3v) is 4.43. The van der Waals surface area contributed by atoms with Crippen LogP contribution in [0.25, 0.3) is 0 Å². The molecule has 0 radical (unpaired) electrons. The molecule has 0 aliphatic heterocycles. The quantitative estimate of drug-likeness (QED) is 0.495. The molecule has 23 heavy (non-hydrogen) atoms. The molecule has 1 atom stereocenters. The van der Waals surface area contributed by atoms with E-state index in [1.54, 1.807) is 12.1 Å². The SMILES string of the molecule is Nc1c(Cl)cc(C(O)CNCCCc2ccc(Cl)cc2)cc1Cl. The Hall–Kier alpha value is -0.970. The van der Waals surface area contributed by atoms with E-state index in [1.165, 1.54) is 5.56 Å². The van der Waals surface area contributed by atoms with Crippen LogP contribution < -0.4 is 11.1 Å². The minimum absolute atomic E-state index is 0.334. The van der Waals surface area contributed by atoms with Gasteiger partial charge in [-0.1, -0.05) is 46.9 Å². The highest BCUT2D eigenvalue weighted by molar-refractivity contribution is 6.38. The van der Waals surface area contributed by atoms with Crippen molar-refractivity contribution < 1.29 is 5.11 Å². The summed E-state index contributed by atoms with van der Waals surface area (Å²) in [6.45, 7) is 1.23. The molecule has 0 amide bonds. The number of halogens is 3. The van der Waals surface area contributed by atoms with Crippen LogP contribution >= 0.6 is 34.8 Å². The number of benzene rings is 2. The van der Waals surface area contributed by atoms with Crippen molar-refractivity contribution in [1.29, 1.82) is 0 Å². The van der Waals surface area contributed by atoms with Crippen molar-refractivity contribution in [2.24, 2.45) is 0 Å². The van der Waals surface area contributed by atoms with E-state index in [0.717, 1.165) is 24.4 Å². The van der Waals surface area contributed by atoms with E-state index in [9.17, 15) is 5.11 Å². The zero-order valence-corrected chi connectivity index (χ0v) is 14.8. The number of aliphatic hydroxyl groups excluding tert-OH is 1. The molecule has 124 valence electrons. The number of nitrogens with one attached hydrogen (secondary N) is 1. The predicted octanol–water partition coefficient (Wildman–Crippen LogP) is 4.48. The van der Waals surface area contributed by atoms with Crippen LogP contribution in [0.5, 0.6) is 0 Å². The van der Waals surface area contributed by atoms with E-state index < -0.39 is 6.10 Å². The van der Waals surface area contributed by atoms with E-state index in [-0.39, 0.29) is 0 Å². The first kappa shape index (κ1) is 18.4. The summed E-state index contributed by atoms with van der Waals surface area (Å²) >= 11 is 17.8. The average molecular weight is 374 g/mol. The third-order valence-electron chi connectivity index (χ3n) is 3.56. The third kappa shape index (κ3) is 5.55. The molecule has 3 nitrogen and oxygen atoms in total. The maximum Gasteiger partial charge on any atom is 0.0915 e. The normalized spacial score (nSPS) is 12.3. The fraction of sp³-hybridized carbons (Fsp3) is 0.294. The Balaban J connectivity index is 1.74. The van der Waals surface area contributed by atoms with Gasteiger partial charge in [0, 0.05) is 11.6 Å². The number of aryl methyl sites for hydroxylation is 1. The van der Waals surface area contributed by atoms with Gasteiger partial charge in [0.2, 0.25) is 0 Å². The summed E-state index contributed by atoms with van der Waals surface area (Å²) in [5, 5.41) is 14.9. The van der Waals surface area contributed by atoms with Gasteiger partial charge in [-0.3, -0.25) is 0 Å². The first-order valence-corrected chi connectivity index (χ1v) is 8.48. The molecule has 0 saturated carbocycles. The number of nitrogen functional groups attached to an aromatic ring is 1. The monoisotopic (exact) mass is 372 g/mol. The standard InChI is InChI=1S/C17H19Cl3N2O/c18-13-5-3-11(4-6-13)2-1-7-22-10-16(23)12-8-14(19)17(21)15(20)9-12/h3-6,8-9,16,22-23H,1-2,7,10,21H2. The molecular weight excluding hydrogens is 355 g/mol. The molecule has 1 unspecified atom stereocenters. The summed E-state index contributed by atoms with van der Waals surface area (Å²) < 4.78 is 0. The number of hydrogen-bond acceptors (Lipinski definition) is 3. The molecule has 2 rings (SSSR count). The largest absolute Gasteiger partial charge is 0.396 e. The van der Waals surface area contributed by atoms with Crippen molar-refractivity contribution in [2.45, 2.75) is 18.9 Å². The van der Waals surface area contributed by atoms with Gasteiger partial charge in [0.05, 0.1) is 21.8 Å². The van der Waals surface area contributed by atoms with Crippen LogP contribution in [0, 0.1) is 0 Å². The van der Waals surface area contributed by atoms with Crippen molar-refractivity contribution >= 4 is 40.5 Å². The van der Waals surface area contributed by atoms with E-state index in [1.807, 2.05) is 24.3 Å². The van der Waals surface area contributed by atoms with E-state index in [2.05, 4.69) is 5.32 Å². The first-order chi connectivity index (χ1) is 11.0. The second-order valence-electron chi connectivity index (χ2n) is 5.35. The lowest BCUT2D eigenvalue weighted by Crippen LogP contribution is -2.23. The lowest BCUT2D eigenvalue weighted by Gasteiger charge is -2.14. The second kappa shape index (κ2) is 8.76. The number of anilines is 1. The van der Waals surface area contributed by atoms with Crippen LogP contribution in [0.15, 0.2) is 36.4 Å². The number of hydrogen-bond donors (Lipinski definition) is 3. The Morgan fingerprint density at radius 3 is 2.26 bits per heavy atom. The molecule has 0 heterocycles. The fourth-order valence-corrected chi connectivity index (χ4v) is 2.85. The van der Waals surface area contributed by atoms with Gasteiger partial charge in [-0.15, -0.1) is 0 Å². The van der Waals surface area contributed by atoms with Crippen LogP contribution in [-0.4, -0.2) is 18.2 Å². The highest BCUT2D eigenvalue weighted by atomic mass is 35.5. The van der Waals surface area contributed by atoms with Crippen molar-refractivity contribution in [1.82, 2.24) is 5.32 Å². The summed E-state index contributed by atoms with van der Waals surface area (Å²) in [5.74, 6) is 0. The number of aliphatic hydroxyl groups is 1. The van der Waals surface area contributed by atoms with Crippen molar-refractivity contribution in [3.05, 3.63) is 62.6 Å². The van der Waals surface area contributed by atoms with Gasteiger partial charge in [0.15, 0.2) is 0 Å². The van der Waals surface area contributed by atoms with E-state index in [0.29, 0.717) is 27.8 Å². The van der Waals surface area contributed by atoms with Crippen LogP contribution in [0.1, 0.15) is 23.7 Å². The average Bonchev–Trinajstić information content (AvgIpc) is 2.53. The highest BCUT2D eigenvalue weighted by Crippen LogP contribution is 2.31. The molecule has 2 aromatic rings. The smallest absolute Gasteiger partial charge is 0.0915 e. The zero-order chi connectivity index (χ0) is 16.8. The lowest BCUT2D eigenvalue weighted by atomic mass is 10.1. The Morgan fingerprint density at radius 2 is 1.65 bits per heavy atom. The molecule has 0 fully saturated rings. The van der Waals surface area contributed by atoms with Crippen molar-refractivity contribution in [2.75, 3.05) is 18.8 Å². The lowest BCUT2D eigenvalue weighted by molar-refractivity contribution is 0.175. The Morgan fingerprint density at radius 1 is 1.04 bits per heavy atom. The van der Waals surface area contributed by atoms with Gasteiger partial charge in [-0.25, -0.2) is 0 Å². The van der Waals surface area contributed by atoms with Gasteiger partial charge >= 0.3 is 0 Å². The molecule has 0 saturated heterocycles. The molecule has 4 N–H and O–H groups in total. The molecule has 0 bridgehead atoms. The molecule has 2 aromatic carbocycles. The Bertz CT molecular complexity index is 624. The summed E-state index contributed by atoms with van der Waals surface area (Å²) in [6, 6.07) is 11.1. The Labute approximate surface area is 151 Å². The summed E-state index contributed by atoms with van der Waals surface area (Å²) in [7, 11) is 0. The van der Waals surface area contributed by atoms with Gasteiger partial charge in [0.1, 0.15) is 0 Å². The summed E-state index contributed by atoms with van der Waals surface area (Å²) in [5.41, 5.74) is 7.92. The number of nitrogens with two attached hydrogens (primary N) is 1. The second-order valence-corrected chi connectivity index (χ2v) is 6.60. The Kier molecular flexibility index (Phi) is 7.00. The van der Waals surface area contributed by atoms with Gasteiger partial charge in [-0.05, 0) is 54.8 Å². The molecular formula is C17H19Cl3N2O. The van der Waals surface area contributed by atoms with Crippen molar-refractivity contribution in [3.8, 4) is 0 Å². The predicted molar refractivity (Wildman–Crippen MR) is 98.5 cm³/mol. The maximum absolute atomic E-state index is 10.2. The summed E-state index contributed by atoms with van der Waals surface area (Å²) in [6.07, 6.45) is 1.25. The molecule has 0 aromatic heterocycles. The minimum Gasteiger partial charge on any atom is -0.396 e. The zero-order valence-electron chi connectivity index (χ0n) is 12.5. The first-order valence-electron chi connectivity index (χ1n) is 7.35. The maximum atomic E-state index is 10.2. The molecule has 0 aliphatic carbocycles. The van der Waals surface area contributed by atoms with Gasteiger partial charge in [0.25, 0.3) is 0 Å². The van der Waals surface area contributed by atoms with Crippen LogP contribution in [0.3, 0.4) is 0 Å². The molecule has 0 aliphatic rings.